The highest BCUT2D eigenvalue weighted by Gasteiger charge is 2.45. The van der Waals surface area contributed by atoms with Crippen LogP contribution in [0.2, 0.25) is 0 Å². The summed E-state index contributed by atoms with van der Waals surface area (Å²) in [5.41, 5.74) is 5.62. The standard InChI is InChI=1S/C17H15F4N5O2/c1-2-10-11-5-8(18)3-4-12(11)28-13(10)14(17(19,20)21)26-16(27)25-9-6-23-15(22)24-7-9/h3-7,14H,2H2,1H3,(H2,22,23,24)(H2,25,26,27)/t14-/m1/s1. The molecule has 11 heteroatoms. The van der Waals surface area contributed by atoms with Gasteiger partial charge in [-0.25, -0.2) is 19.2 Å². The van der Waals surface area contributed by atoms with Crippen molar-refractivity contribution in [1.29, 1.82) is 0 Å². The van der Waals surface area contributed by atoms with E-state index in [2.05, 4.69) is 15.3 Å². The topological polar surface area (TPSA) is 106 Å². The molecule has 0 spiro atoms. The van der Waals surface area contributed by atoms with Gasteiger partial charge >= 0.3 is 12.2 Å². The zero-order chi connectivity index (χ0) is 20.5. The molecular weight excluding hydrogens is 382 g/mol. The first-order valence-corrected chi connectivity index (χ1v) is 8.11. The first-order valence-electron chi connectivity index (χ1n) is 8.11. The summed E-state index contributed by atoms with van der Waals surface area (Å²) in [5.74, 6) is -1.16. The van der Waals surface area contributed by atoms with Crippen molar-refractivity contribution in [2.75, 3.05) is 11.1 Å². The average Bonchev–Trinajstić information content (AvgIpc) is 2.97. The van der Waals surface area contributed by atoms with Gasteiger partial charge in [0.15, 0.2) is 6.04 Å². The summed E-state index contributed by atoms with van der Waals surface area (Å²) in [5, 5.41) is 4.25. The van der Waals surface area contributed by atoms with Gasteiger partial charge in [0.25, 0.3) is 0 Å². The monoisotopic (exact) mass is 397 g/mol. The Morgan fingerprint density at radius 2 is 1.96 bits per heavy atom. The lowest BCUT2D eigenvalue weighted by molar-refractivity contribution is -0.158. The molecule has 4 N–H and O–H groups in total. The maximum atomic E-state index is 13.7. The van der Waals surface area contributed by atoms with Crippen molar-refractivity contribution >= 4 is 28.6 Å². The molecule has 0 saturated heterocycles. The maximum absolute atomic E-state index is 13.7. The number of nitrogen functional groups attached to an aromatic ring is 1. The molecule has 2 heterocycles. The summed E-state index contributed by atoms with van der Waals surface area (Å²) in [6, 6.07) is -0.164. The molecule has 0 saturated carbocycles. The van der Waals surface area contributed by atoms with Crippen LogP contribution in [0.1, 0.15) is 24.3 Å². The average molecular weight is 397 g/mol. The highest BCUT2D eigenvalue weighted by molar-refractivity contribution is 5.89. The van der Waals surface area contributed by atoms with E-state index in [1.54, 1.807) is 6.92 Å². The van der Waals surface area contributed by atoms with Crippen LogP contribution < -0.4 is 16.4 Å². The number of nitrogens with zero attached hydrogens (tertiary/aromatic N) is 2. The molecule has 1 aromatic carbocycles. The molecule has 2 amide bonds. The second-order valence-electron chi connectivity index (χ2n) is 5.84. The predicted octanol–water partition coefficient (Wildman–Crippen LogP) is 3.93. The van der Waals surface area contributed by atoms with Crippen LogP contribution in [-0.4, -0.2) is 22.2 Å². The first kappa shape index (κ1) is 19.4. The van der Waals surface area contributed by atoms with Crippen molar-refractivity contribution in [3.63, 3.8) is 0 Å². The van der Waals surface area contributed by atoms with E-state index in [4.69, 9.17) is 10.2 Å². The summed E-state index contributed by atoms with van der Waals surface area (Å²) in [6.07, 6.45) is -2.42. The number of hydrogen-bond acceptors (Lipinski definition) is 5. The van der Waals surface area contributed by atoms with Gasteiger partial charge in [-0.1, -0.05) is 6.92 Å². The predicted molar refractivity (Wildman–Crippen MR) is 92.9 cm³/mol. The van der Waals surface area contributed by atoms with Crippen molar-refractivity contribution in [1.82, 2.24) is 15.3 Å². The molecule has 1 atom stereocenters. The molecule has 0 aliphatic heterocycles. The lowest BCUT2D eigenvalue weighted by atomic mass is 10.0. The molecule has 0 bridgehead atoms. The lowest BCUT2D eigenvalue weighted by Gasteiger charge is -2.21. The number of nitrogens with two attached hydrogens (primary N) is 1. The number of amides is 2. The molecule has 0 aliphatic carbocycles. The van der Waals surface area contributed by atoms with E-state index < -0.39 is 29.8 Å². The summed E-state index contributed by atoms with van der Waals surface area (Å²) < 4.78 is 59.8. The zero-order valence-corrected chi connectivity index (χ0v) is 14.5. The van der Waals surface area contributed by atoms with Gasteiger partial charge < -0.3 is 20.8 Å². The summed E-state index contributed by atoms with van der Waals surface area (Å²) in [7, 11) is 0. The van der Waals surface area contributed by atoms with E-state index in [0.29, 0.717) is 0 Å². The number of anilines is 2. The van der Waals surface area contributed by atoms with Gasteiger partial charge in [-0.05, 0) is 24.6 Å². The Labute approximate surface area is 155 Å². The Hall–Kier alpha value is -3.37. The van der Waals surface area contributed by atoms with Crippen LogP contribution in [0, 0.1) is 5.82 Å². The van der Waals surface area contributed by atoms with Gasteiger partial charge in [0.05, 0.1) is 18.1 Å². The van der Waals surface area contributed by atoms with Gasteiger partial charge in [0.1, 0.15) is 17.2 Å². The molecule has 2 aromatic heterocycles. The number of hydrogen-bond donors (Lipinski definition) is 3. The smallest absolute Gasteiger partial charge is 0.416 e. The van der Waals surface area contributed by atoms with Gasteiger partial charge in [-0.15, -0.1) is 0 Å². The van der Waals surface area contributed by atoms with Crippen LogP contribution in [-0.2, 0) is 6.42 Å². The molecule has 3 aromatic rings. The van der Waals surface area contributed by atoms with Crippen LogP contribution in [0.5, 0.6) is 0 Å². The highest BCUT2D eigenvalue weighted by atomic mass is 19.4. The number of benzene rings is 1. The fourth-order valence-corrected chi connectivity index (χ4v) is 2.73. The molecule has 28 heavy (non-hydrogen) atoms. The third-order valence-electron chi connectivity index (χ3n) is 3.93. The molecule has 7 nitrogen and oxygen atoms in total. The van der Waals surface area contributed by atoms with E-state index in [1.165, 1.54) is 6.07 Å². The minimum Gasteiger partial charge on any atom is -0.458 e. The Morgan fingerprint density at radius 1 is 1.29 bits per heavy atom. The molecule has 0 aliphatic rings. The number of nitrogens with one attached hydrogen (secondary N) is 2. The SMILES string of the molecule is CCc1c([C@@H](NC(=O)Nc2cnc(N)nc2)C(F)(F)F)oc2ccc(F)cc12. The Bertz CT molecular complexity index is 1000. The number of rotatable bonds is 4. The molecule has 3 rings (SSSR count). The van der Waals surface area contributed by atoms with Crippen LogP contribution >= 0.6 is 0 Å². The number of carbonyl (C=O) groups is 1. The Kier molecular flexibility index (Phi) is 5.08. The van der Waals surface area contributed by atoms with Crippen molar-refractivity contribution < 1.29 is 26.8 Å². The van der Waals surface area contributed by atoms with E-state index in [1.807, 2.05) is 5.32 Å². The largest absolute Gasteiger partial charge is 0.458 e. The van der Waals surface area contributed by atoms with Gasteiger partial charge in [-0.2, -0.15) is 13.2 Å². The van der Waals surface area contributed by atoms with Gasteiger partial charge in [0, 0.05) is 10.9 Å². The van der Waals surface area contributed by atoms with Crippen molar-refractivity contribution in [2.24, 2.45) is 0 Å². The van der Waals surface area contributed by atoms with E-state index in [-0.39, 0.29) is 34.6 Å². The van der Waals surface area contributed by atoms with Gasteiger partial charge in [0.2, 0.25) is 5.95 Å². The zero-order valence-electron chi connectivity index (χ0n) is 14.5. The number of urea groups is 1. The molecule has 0 fully saturated rings. The number of aryl methyl sites for hydroxylation is 1. The third-order valence-corrected chi connectivity index (χ3v) is 3.93. The minimum atomic E-state index is -4.86. The van der Waals surface area contributed by atoms with E-state index >= 15 is 0 Å². The quantitative estimate of drug-likeness (QED) is 0.579. The molecule has 148 valence electrons. The fourth-order valence-electron chi connectivity index (χ4n) is 2.73. The maximum Gasteiger partial charge on any atom is 0.416 e. The molecular formula is C17H15F4N5O2. The number of fused-ring (bicyclic) bond motifs is 1. The van der Waals surface area contributed by atoms with E-state index in [0.717, 1.165) is 24.5 Å². The summed E-state index contributed by atoms with van der Waals surface area (Å²) in [6.45, 7) is 1.61. The van der Waals surface area contributed by atoms with Crippen LogP contribution in [0.3, 0.4) is 0 Å². The second-order valence-corrected chi connectivity index (χ2v) is 5.84. The van der Waals surface area contributed by atoms with Gasteiger partial charge in [-0.3, -0.25) is 0 Å². The van der Waals surface area contributed by atoms with Crippen LogP contribution in [0.15, 0.2) is 35.0 Å². The fraction of sp³-hybridized carbons (Fsp3) is 0.235. The minimum absolute atomic E-state index is 0.0509. The first-order chi connectivity index (χ1) is 13.2. The van der Waals surface area contributed by atoms with Crippen LogP contribution in [0.25, 0.3) is 11.0 Å². The number of halogens is 4. The summed E-state index contributed by atoms with van der Waals surface area (Å²) >= 11 is 0. The number of alkyl halides is 3. The lowest BCUT2D eigenvalue weighted by Crippen LogP contribution is -2.40. The second kappa shape index (κ2) is 7.33. The van der Waals surface area contributed by atoms with Crippen molar-refractivity contribution in [2.45, 2.75) is 25.6 Å². The Balaban J connectivity index is 1.93. The molecule has 0 unspecified atom stereocenters. The highest BCUT2D eigenvalue weighted by Crippen LogP contribution is 2.39. The van der Waals surface area contributed by atoms with E-state index in [9.17, 15) is 22.4 Å². The van der Waals surface area contributed by atoms with Crippen LogP contribution in [0.4, 0.5) is 34.0 Å². The normalized spacial score (nSPS) is 12.8. The van der Waals surface area contributed by atoms with Crippen molar-refractivity contribution in [3.8, 4) is 0 Å². The third kappa shape index (κ3) is 3.97. The number of furan rings is 1. The number of carbonyl (C=O) groups excluding carboxylic acids is 1. The summed E-state index contributed by atoms with van der Waals surface area (Å²) in [4.78, 5) is 19.3. The van der Waals surface area contributed by atoms with Crippen molar-refractivity contribution in [3.05, 3.63) is 47.7 Å². The Morgan fingerprint density at radius 3 is 2.57 bits per heavy atom. The molecule has 0 radical (unpaired) electrons. The number of aromatic nitrogens is 2.